The summed E-state index contributed by atoms with van der Waals surface area (Å²) in [6.45, 7) is 5.75. The number of aromatic nitrogens is 4. The van der Waals surface area contributed by atoms with Gasteiger partial charge in [0.15, 0.2) is 0 Å². The third-order valence-corrected chi connectivity index (χ3v) is 2.33. The molecular formula is C12H15N5O. The van der Waals surface area contributed by atoms with Gasteiger partial charge in [0.25, 0.3) is 5.56 Å². The van der Waals surface area contributed by atoms with Crippen molar-refractivity contribution in [3.05, 3.63) is 40.6 Å². The zero-order valence-electron chi connectivity index (χ0n) is 10.6. The van der Waals surface area contributed by atoms with Crippen molar-refractivity contribution in [3.63, 3.8) is 0 Å². The zero-order chi connectivity index (χ0) is 13.2. The van der Waals surface area contributed by atoms with Gasteiger partial charge in [0, 0.05) is 11.6 Å². The van der Waals surface area contributed by atoms with E-state index in [4.69, 9.17) is 0 Å². The van der Waals surface area contributed by atoms with Crippen LogP contribution in [0.15, 0.2) is 29.3 Å². The first-order chi connectivity index (χ1) is 8.47. The van der Waals surface area contributed by atoms with Crippen molar-refractivity contribution < 1.29 is 0 Å². The number of aromatic amines is 1. The van der Waals surface area contributed by atoms with Crippen LogP contribution in [0.3, 0.4) is 0 Å². The maximum absolute atomic E-state index is 11.9. The maximum Gasteiger partial charge on any atom is 0.274 e. The van der Waals surface area contributed by atoms with E-state index < -0.39 is 0 Å². The first kappa shape index (κ1) is 12.2. The predicted molar refractivity (Wildman–Crippen MR) is 68.9 cm³/mol. The lowest BCUT2D eigenvalue weighted by Gasteiger charge is -2.15. The minimum absolute atomic E-state index is 0.233. The Morgan fingerprint density at radius 3 is 2.61 bits per heavy atom. The predicted octanol–water partition coefficient (Wildman–Crippen LogP) is 1.60. The van der Waals surface area contributed by atoms with Crippen molar-refractivity contribution in [3.8, 4) is 0 Å². The molecule has 0 bridgehead atoms. The number of H-pyrrole nitrogens is 1. The van der Waals surface area contributed by atoms with Gasteiger partial charge in [0.05, 0.1) is 11.9 Å². The Morgan fingerprint density at radius 2 is 2.06 bits per heavy atom. The average Bonchev–Trinajstić information content (AvgIpc) is 2.28. The standard InChI is InChI=1S/C12H15N5O/c1-12(2,3)9-10(18)15-11(17-16-9)14-8-5-4-6-13-7-8/h4-7H,1-3H3,(H2,14,15,17,18). The van der Waals surface area contributed by atoms with E-state index in [1.54, 1.807) is 18.5 Å². The molecule has 2 N–H and O–H groups in total. The first-order valence-electron chi connectivity index (χ1n) is 5.61. The van der Waals surface area contributed by atoms with Gasteiger partial charge in [0.2, 0.25) is 5.95 Å². The highest BCUT2D eigenvalue weighted by Gasteiger charge is 2.20. The Labute approximate surface area is 105 Å². The summed E-state index contributed by atoms with van der Waals surface area (Å²) in [5.41, 5.74) is 0.599. The van der Waals surface area contributed by atoms with E-state index in [0.717, 1.165) is 5.69 Å². The van der Waals surface area contributed by atoms with Gasteiger partial charge in [-0.1, -0.05) is 20.8 Å². The van der Waals surface area contributed by atoms with Crippen LogP contribution < -0.4 is 10.9 Å². The van der Waals surface area contributed by atoms with Crippen LogP contribution in [0.5, 0.6) is 0 Å². The summed E-state index contributed by atoms with van der Waals surface area (Å²) in [5.74, 6) is 0.306. The van der Waals surface area contributed by atoms with Crippen LogP contribution in [0.1, 0.15) is 26.5 Å². The molecule has 0 unspecified atom stereocenters. The van der Waals surface area contributed by atoms with Crippen molar-refractivity contribution in [2.45, 2.75) is 26.2 Å². The molecule has 94 valence electrons. The molecule has 0 atom stereocenters. The molecular weight excluding hydrogens is 230 g/mol. The molecule has 18 heavy (non-hydrogen) atoms. The van der Waals surface area contributed by atoms with E-state index in [1.165, 1.54) is 0 Å². The van der Waals surface area contributed by atoms with E-state index in [-0.39, 0.29) is 11.0 Å². The van der Waals surface area contributed by atoms with Crippen molar-refractivity contribution >= 4 is 11.6 Å². The van der Waals surface area contributed by atoms with Gasteiger partial charge in [-0.25, -0.2) is 0 Å². The fourth-order valence-corrected chi connectivity index (χ4v) is 1.46. The second-order valence-corrected chi connectivity index (χ2v) is 4.97. The van der Waals surface area contributed by atoms with Gasteiger partial charge in [-0.05, 0) is 12.1 Å². The van der Waals surface area contributed by atoms with Crippen LogP contribution in [0.2, 0.25) is 0 Å². The van der Waals surface area contributed by atoms with Crippen molar-refractivity contribution in [1.82, 2.24) is 20.2 Å². The summed E-state index contributed by atoms with van der Waals surface area (Å²) in [6.07, 6.45) is 3.31. The third kappa shape index (κ3) is 2.71. The first-order valence-corrected chi connectivity index (χ1v) is 5.61. The van der Waals surface area contributed by atoms with E-state index in [9.17, 15) is 4.79 Å². The average molecular weight is 245 g/mol. The molecule has 0 saturated heterocycles. The summed E-state index contributed by atoms with van der Waals surface area (Å²) in [4.78, 5) is 18.5. The van der Waals surface area contributed by atoms with E-state index in [1.807, 2.05) is 26.8 Å². The molecule has 0 aliphatic heterocycles. The monoisotopic (exact) mass is 245 g/mol. The molecule has 0 aromatic carbocycles. The molecule has 0 spiro atoms. The Kier molecular flexibility index (Phi) is 3.10. The number of hydrogen-bond acceptors (Lipinski definition) is 5. The van der Waals surface area contributed by atoms with Crippen LogP contribution >= 0.6 is 0 Å². The lowest BCUT2D eigenvalue weighted by Crippen LogP contribution is -2.28. The highest BCUT2D eigenvalue weighted by Crippen LogP contribution is 2.16. The van der Waals surface area contributed by atoms with Gasteiger partial charge in [0.1, 0.15) is 5.69 Å². The second kappa shape index (κ2) is 4.56. The third-order valence-electron chi connectivity index (χ3n) is 2.33. The van der Waals surface area contributed by atoms with Crippen LogP contribution in [0.25, 0.3) is 0 Å². The largest absolute Gasteiger partial charge is 0.323 e. The molecule has 2 aromatic rings. The zero-order valence-corrected chi connectivity index (χ0v) is 10.6. The lowest BCUT2D eigenvalue weighted by atomic mass is 9.93. The van der Waals surface area contributed by atoms with E-state index in [2.05, 4.69) is 25.5 Å². The molecule has 0 aliphatic rings. The highest BCUT2D eigenvalue weighted by molar-refractivity contribution is 5.50. The SMILES string of the molecule is CC(C)(C)c1nnc(Nc2cccnc2)[nH]c1=O. The van der Waals surface area contributed by atoms with Crippen LogP contribution in [0, 0.1) is 0 Å². The summed E-state index contributed by atoms with van der Waals surface area (Å²) in [6, 6.07) is 3.61. The van der Waals surface area contributed by atoms with Gasteiger partial charge in [-0.3, -0.25) is 14.8 Å². The quantitative estimate of drug-likeness (QED) is 0.839. The molecule has 6 nitrogen and oxygen atoms in total. The minimum atomic E-state index is -0.326. The second-order valence-electron chi connectivity index (χ2n) is 4.97. The van der Waals surface area contributed by atoms with Gasteiger partial charge in [-0.15, -0.1) is 10.2 Å². The number of nitrogens with one attached hydrogen (secondary N) is 2. The summed E-state index contributed by atoms with van der Waals surface area (Å²) in [5, 5.41) is 10.9. The molecule has 0 amide bonds. The smallest absolute Gasteiger partial charge is 0.274 e. The summed E-state index contributed by atoms with van der Waals surface area (Å²) in [7, 11) is 0. The minimum Gasteiger partial charge on any atom is -0.323 e. The molecule has 0 saturated carbocycles. The van der Waals surface area contributed by atoms with Crippen molar-refractivity contribution in [1.29, 1.82) is 0 Å². The maximum atomic E-state index is 11.9. The Morgan fingerprint density at radius 1 is 1.28 bits per heavy atom. The summed E-state index contributed by atoms with van der Waals surface area (Å²) >= 11 is 0. The molecule has 2 rings (SSSR count). The number of hydrogen-bond donors (Lipinski definition) is 2. The molecule has 0 aliphatic carbocycles. The Hall–Kier alpha value is -2.24. The Balaban J connectivity index is 2.28. The van der Waals surface area contributed by atoms with Gasteiger partial charge < -0.3 is 5.32 Å². The molecule has 2 aromatic heterocycles. The van der Waals surface area contributed by atoms with Crippen molar-refractivity contribution in [2.75, 3.05) is 5.32 Å². The van der Waals surface area contributed by atoms with Crippen molar-refractivity contribution in [2.24, 2.45) is 0 Å². The number of anilines is 2. The Bertz CT molecular complexity index is 585. The molecule has 0 fully saturated rings. The highest BCUT2D eigenvalue weighted by atomic mass is 16.1. The number of nitrogens with zero attached hydrogens (tertiary/aromatic N) is 3. The number of rotatable bonds is 2. The lowest BCUT2D eigenvalue weighted by molar-refractivity contribution is 0.547. The van der Waals surface area contributed by atoms with E-state index >= 15 is 0 Å². The van der Waals surface area contributed by atoms with Gasteiger partial charge in [-0.2, -0.15) is 0 Å². The van der Waals surface area contributed by atoms with Gasteiger partial charge >= 0.3 is 0 Å². The summed E-state index contributed by atoms with van der Waals surface area (Å²) < 4.78 is 0. The topological polar surface area (TPSA) is 83.6 Å². The molecule has 2 heterocycles. The molecule has 6 heteroatoms. The van der Waals surface area contributed by atoms with Crippen LogP contribution in [0.4, 0.5) is 11.6 Å². The fourth-order valence-electron chi connectivity index (χ4n) is 1.46. The van der Waals surface area contributed by atoms with Crippen LogP contribution in [-0.4, -0.2) is 20.2 Å². The normalized spacial score (nSPS) is 11.3. The number of pyridine rings is 1. The molecule has 0 radical (unpaired) electrons. The fraction of sp³-hybridized carbons (Fsp3) is 0.333. The van der Waals surface area contributed by atoms with E-state index in [0.29, 0.717) is 11.6 Å². The van der Waals surface area contributed by atoms with Crippen LogP contribution in [-0.2, 0) is 5.41 Å².